The van der Waals surface area contributed by atoms with Gasteiger partial charge in [-0.05, 0) is 0 Å². The van der Waals surface area contributed by atoms with Gasteiger partial charge in [-0.25, -0.2) is 0 Å². The molecule has 2 heteroatoms. The summed E-state index contributed by atoms with van der Waals surface area (Å²) in [5, 5.41) is 3.61. The smallest absolute Gasteiger partial charge is 0.183 e. The molecule has 0 fully saturated rings. The fraction of sp³-hybridized carbons (Fsp3) is 0.667. The Kier molecular flexibility index (Phi) is 0.381. The van der Waals surface area contributed by atoms with Gasteiger partial charge < -0.3 is 5.42 Å². The number of hydrazone groups is 1. The van der Waals surface area contributed by atoms with Crippen molar-refractivity contribution in [2.75, 3.05) is 6.54 Å². The van der Waals surface area contributed by atoms with E-state index < -0.39 is 0 Å². The molecular weight excluding hydrogens is 64.0 g/mol. The van der Waals surface area contributed by atoms with Crippen molar-refractivity contribution in [3.05, 3.63) is 0 Å². The molecule has 1 heterocycles. The largest absolute Gasteiger partial charge is 0.310 e. The van der Waals surface area contributed by atoms with Crippen LogP contribution in [0.25, 0.3) is 0 Å². The number of hydrogen-bond acceptors (Lipinski definition) is 2. The SMILES string of the molecule is [2H]N1CCC=N1. The van der Waals surface area contributed by atoms with Crippen LogP contribution < -0.4 is 5.42 Å². The molecule has 1 aliphatic rings. The van der Waals surface area contributed by atoms with Crippen LogP contribution in [-0.4, -0.2) is 12.8 Å². The second-order valence-corrected chi connectivity index (χ2v) is 0.952. The van der Waals surface area contributed by atoms with Crippen LogP contribution in [0, 0.1) is 0 Å². The molecule has 0 aromatic carbocycles. The van der Waals surface area contributed by atoms with Gasteiger partial charge in [0.05, 0.1) is 0 Å². The first-order chi connectivity index (χ1) is 2.89. The first kappa shape index (κ1) is 1.80. The maximum atomic E-state index is 6.77. The van der Waals surface area contributed by atoms with Gasteiger partial charge in [-0.1, -0.05) is 0 Å². The van der Waals surface area contributed by atoms with Crippen LogP contribution in [0.5, 0.6) is 0 Å². The van der Waals surface area contributed by atoms with Gasteiger partial charge in [0.1, 0.15) is 0 Å². The number of nitrogens with zero attached hydrogens (tertiary/aromatic N) is 1. The number of rotatable bonds is 0. The molecule has 1 rings (SSSR count). The van der Waals surface area contributed by atoms with Crippen LogP contribution in [-0.2, 0) is 0 Å². The van der Waals surface area contributed by atoms with E-state index in [1.807, 2.05) is 0 Å². The average molecular weight is 71.1 g/mol. The minimum atomic E-state index is 0.764. The van der Waals surface area contributed by atoms with Crippen molar-refractivity contribution in [2.45, 2.75) is 6.42 Å². The first-order valence-electron chi connectivity index (χ1n) is 2.13. The fourth-order valence-corrected chi connectivity index (χ4v) is 0.289. The molecule has 2 nitrogen and oxygen atoms in total. The summed E-state index contributed by atoms with van der Waals surface area (Å²) in [6.45, 7) is 0.764. The minimum Gasteiger partial charge on any atom is -0.310 e. The molecule has 0 saturated heterocycles. The van der Waals surface area contributed by atoms with Gasteiger partial charge in [0.15, 0.2) is 1.41 Å². The minimum absolute atomic E-state index is 0.764. The van der Waals surface area contributed by atoms with E-state index in [-0.39, 0.29) is 0 Å². The topological polar surface area (TPSA) is 24.4 Å². The Labute approximate surface area is 32.3 Å². The van der Waals surface area contributed by atoms with E-state index in [0.29, 0.717) is 0 Å². The molecule has 0 unspecified atom stereocenters. The zero-order valence-corrected chi connectivity index (χ0v) is 2.89. The van der Waals surface area contributed by atoms with Crippen molar-refractivity contribution in [1.82, 2.24) is 5.42 Å². The van der Waals surface area contributed by atoms with Gasteiger partial charge in [0.25, 0.3) is 0 Å². The molecule has 5 heavy (non-hydrogen) atoms. The van der Waals surface area contributed by atoms with Crippen LogP contribution in [0.2, 0.25) is 1.41 Å². The normalized spacial score (nSPS) is 24.0. The summed E-state index contributed by atoms with van der Waals surface area (Å²) in [4.78, 5) is 0. The highest BCUT2D eigenvalue weighted by molar-refractivity contribution is 5.58. The van der Waals surface area contributed by atoms with Crippen LogP contribution in [0.4, 0.5) is 0 Å². The molecule has 0 saturated carbocycles. The highest BCUT2D eigenvalue weighted by Gasteiger charge is 1.83. The van der Waals surface area contributed by atoms with Crippen LogP contribution in [0.15, 0.2) is 5.10 Å². The van der Waals surface area contributed by atoms with E-state index in [4.69, 9.17) is 1.41 Å². The summed E-state index contributed by atoms with van der Waals surface area (Å²) in [6, 6.07) is 0. The Morgan fingerprint density at radius 3 is 3.40 bits per heavy atom. The predicted molar refractivity (Wildman–Crippen MR) is 21.1 cm³/mol. The molecule has 0 bridgehead atoms. The van der Waals surface area contributed by atoms with Crippen LogP contribution in [0.1, 0.15) is 6.42 Å². The standard InChI is InChI=1S/C3H6N2/c1-2-4-5-3-1/h2,5H,1,3H2/i/hD. The molecule has 0 aromatic heterocycles. The summed E-state index contributed by atoms with van der Waals surface area (Å²) >= 11 is 0. The predicted octanol–water partition coefficient (Wildman–Crippen LogP) is -0.0345. The zero-order chi connectivity index (χ0) is 4.41. The van der Waals surface area contributed by atoms with Crippen molar-refractivity contribution in [3.8, 4) is 0 Å². The Balaban J connectivity index is 2.38. The lowest BCUT2D eigenvalue weighted by molar-refractivity contribution is 0.813. The second-order valence-electron chi connectivity index (χ2n) is 0.952. The lowest BCUT2D eigenvalue weighted by Gasteiger charge is -1.76. The van der Waals surface area contributed by atoms with Crippen molar-refractivity contribution < 1.29 is 1.41 Å². The van der Waals surface area contributed by atoms with Crippen LogP contribution >= 0.6 is 0 Å². The highest BCUT2D eigenvalue weighted by atomic mass is 15.3. The van der Waals surface area contributed by atoms with Crippen molar-refractivity contribution in [3.63, 3.8) is 0 Å². The van der Waals surface area contributed by atoms with Gasteiger partial charge in [-0.15, -0.1) is 0 Å². The van der Waals surface area contributed by atoms with Gasteiger partial charge in [0, 0.05) is 19.2 Å². The van der Waals surface area contributed by atoms with Gasteiger partial charge in [0.2, 0.25) is 0 Å². The average Bonchev–Trinajstić information content (AvgIpc) is 1.86. The van der Waals surface area contributed by atoms with E-state index in [1.54, 1.807) is 6.21 Å². The maximum Gasteiger partial charge on any atom is 0.183 e. The molecular formula is C3H6N2. The molecule has 0 atom stereocenters. The molecule has 28 valence electrons. The third-order valence-corrected chi connectivity index (χ3v) is 0.521. The van der Waals surface area contributed by atoms with Gasteiger partial charge in [-0.3, -0.25) is 0 Å². The molecule has 0 aromatic rings. The highest BCUT2D eigenvalue weighted by Crippen LogP contribution is 1.75. The third-order valence-electron chi connectivity index (χ3n) is 0.521. The van der Waals surface area contributed by atoms with E-state index in [1.165, 1.54) is 5.42 Å². The Hall–Kier alpha value is -0.530. The zero-order valence-electron chi connectivity index (χ0n) is 3.89. The van der Waals surface area contributed by atoms with E-state index in [2.05, 4.69) is 5.10 Å². The van der Waals surface area contributed by atoms with Crippen molar-refractivity contribution in [2.24, 2.45) is 5.10 Å². The summed E-state index contributed by atoms with van der Waals surface area (Å²) < 4.78 is 6.77. The lowest BCUT2D eigenvalue weighted by atomic mass is 10.5. The van der Waals surface area contributed by atoms with E-state index in [9.17, 15) is 0 Å². The van der Waals surface area contributed by atoms with E-state index >= 15 is 0 Å². The first-order valence-corrected chi connectivity index (χ1v) is 1.68. The van der Waals surface area contributed by atoms with Gasteiger partial charge >= 0.3 is 0 Å². The summed E-state index contributed by atoms with van der Waals surface area (Å²) in [5.74, 6) is 0. The monoisotopic (exact) mass is 71.1 g/mol. The van der Waals surface area contributed by atoms with Crippen LogP contribution in [0.3, 0.4) is 0 Å². The van der Waals surface area contributed by atoms with E-state index in [0.717, 1.165) is 13.0 Å². The summed E-state index contributed by atoms with van der Waals surface area (Å²) in [7, 11) is 0. The van der Waals surface area contributed by atoms with Gasteiger partial charge in [-0.2, -0.15) is 5.10 Å². The number of nitrogens with one attached hydrogen (secondary N) is 1. The molecule has 0 aliphatic carbocycles. The molecule has 0 spiro atoms. The molecule has 0 amide bonds. The van der Waals surface area contributed by atoms with Crippen molar-refractivity contribution >= 4 is 6.21 Å². The molecule has 1 aliphatic heterocycles. The fourth-order valence-electron chi connectivity index (χ4n) is 0.289. The maximum absolute atomic E-state index is 6.77. The molecule has 0 radical (unpaired) electrons. The summed E-state index contributed by atoms with van der Waals surface area (Å²) in [5.41, 5.74) is 1.18. The third kappa shape index (κ3) is 0.375. The van der Waals surface area contributed by atoms with Crippen molar-refractivity contribution in [1.29, 1.82) is 0 Å². The Morgan fingerprint density at radius 1 is 2.20 bits per heavy atom. The lowest BCUT2D eigenvalue weighted by Crippen LogP contribution is -1.96. The quantitative estimate of drug-likeness (QED) is 0.426. The molecule has 1 N–H and O–H groups in total. The Bertz CT molecular complexity index is 71.2. The second kappa shape index (κ2) is 1.06. The number of hydrogen-bond donors (Lipinski definition) is 1. The Morgan fingerprint density at radius 2 is 3.20 bits per heavy atom. The summed E-state index contributed by atoms with van der Waals surface area (Å²) in [6.07, 6.45) is 2.68.